The van der Waals surface area contributed by atoms with Gasteiger partial charge in [0, 0.05) is 6.42 Å². The molecule has 5 nitrogen and oxygen atoms in total. The van der Waals surface area contributed by atoms with Crippen LogP contribution in [0, 0.1) is 0 Å². The van der Waals surface area contributed by atoms with Crippen LogP contribution in [0.25, 0.3) is 10.2 Å². The van der Waals surface area contributed by atoms with Crippen LogP contribution >= 0.6 is 11.3 Å². The molecule has 6 heteroatoms. The average molecular weight is 353 g/mol. The van der Waals surface area contributed by atoms with E-state index in [1.165, 1.54) is 17.6 Å². The van der Waals surface area contributed by atoms with Crippen molar-refractivity contribution in [1.82, 2.24) is 4.98 Å². The lowest BCUT2D eigenvalue weighted by Crippen LogP contribution is -2.23. The van der Waals surface area contributed by atoms with Crippen LogP contribution in [0.1, 0.15) is 15.4 Å². The quantitative estimate of drug-likeness (QED) is 0.651. The number of esters is 1. The van der Waals surface area contributed by atoms with Crippen molar-refractivity contribution in [3.8, 4) is 0 Å². The van der Waals surface area contributed by atoms with E-state index in [0.717, 1.165) is 15.8 Å². The first-order valence-corrected chi connectivity index (χ1v) is 8.66. The third-order valence-electron chi connectivity index (χ3n) is 3.79. The molecule has 1 aromatic heterocycles. The maximum absolute atomic E-state index is 12.6. The molecule has 1 aliphatic rings. The number of aromatic nitrogens is 1. The van der Waals surface area contributed by atoms with Crippen molar-refractivity contribution in [2.45, 2.75) is 12.5 Å². The highest BCUT2D eigenvalue weighted by Gasteiger charge is 2.26. The number of carbonyl (C=O) groups is 1. The van der Waals surface area contributed by atoms with Gasteiger partial charge in [0.05, 0.1) is 10.2 Å². The highest BCUT2D eigenvalue weighted by Crippen LogP contribution is 2.25. The smallest absolute Gasteiger partial charge is 0.368 e. The molecule has 1 unspecified atom stereocenters. The van der Waals surface area contributed by atoms with E-state index < -0.39 is 12.1 Å². The van der Waals surface area contributed by atoms with E-state index in [1.54, 1.807) is 0 Å². The molecular weight excluding hydrogens is 338 g/mol. The summed E-state index contributed by atoms with van der Waals surface area (Å²) in [4.78, 5) is 16.9. The Labute approximate surface area is 148 Å². The summed E-state index contributed by atoms with van der Waals surface area (Å²) in [5.41, 5.74) is 1.83. The second kappa shape index (κ2) is 6.94. The van der Waals surface area contributed by atoms with E-state index in [1.807, 2.05) is 54.6 Å². The molecule has 3 aromatic rings. The summed E-state index contributed by atoms with van der Waals surface area (Å²) < 4.78 is 17.2. The van der Waals surface area contributed by atoms with Crippen molar-refractivity contribution in [3.05, 3.63) is 77.2 Å². The second-order valence-electron chi connectivity index (χ2n) is 5.52. The maximum atomic E-state index is 12.6. The summed E-state index contributed by atoms with van der Waals surface area (Å²) in [7, 11) is 0. The van der Waals surface area contributed by atoms with Crippen LogP contribution in [0.3, 0.4) is 0 Å². The minimum Gasteiger partial charge on any atom is -0.461 e. The zero-order chi connectivity index (χ0) is 17.1. The van der Waals surface area contributed by atoms with E-state index >= 15 is 0 Å². The molecule has 0 amide bonds. The molecule has 0 N–H and O–H groups in total. The fourth-order valence-corrected chi connectivity index (χ4v) is 3.44. The number of hydrogen-bond donors (Lipinski definition) is 0. The number of fused-ring (bicyclic) bond motifs is 1. The Morgan fingerprint density at radius 2 is 1.96 bits per heavy atom. The molecule has 0 saturated carbocycles. The number of rotatable bonds is 5. The van der Waals surface area contributed by atoms with Gasteiger partial charge in [-0.25, -0.2) is 9.78 Å². The van der Waals surface area contributed by atoms with Crippen LogP contribution < -0.4 is 0 Å². The van der Waals surface area contributed by atoms with E-state index in [9.17, 15) is 4.79 Å². The summed E-state index contributed by atoms with van der Waals surface area (Å²) in [5, 5.41) is 0.332. The van der Waals surface area contributed by atoms with Gasteiger partial charge in [-0.3, -0.25) is 0 Å². The third kappa shape index (κ3) is 3.49. The molecule has 0 fully saturated rings. The molecule has 126 valence electrons. The lowest BCUT2D eigenvalue weighted by atomic mass is 10.1. The Kier molecular flexibility index (Phi) is 4.35. The number of benzene rings is 2. The largest absolute Gasteiger partial charge is 0.461 e. The normalized spacial score (nSPS) is 14.5. The standard InChI is InChI=1S/C19H15NO4S/c21-19(18-20-14-8-4-5-9-17(14)25-18)24-15(16-11-22-12-23-16)10-13-6-2-1-3-7-13/h1-9,11,15H,10,12H2. The predicted octanol–water partition coefficient (Wildman–Crippen LogP) is 3.91. The van der Waals surface area contributed by atoms with E-state index in [2.05, 4.69) is 4.98 Å². The molecule has 0 bridgehead atoms. The van der Waals surface area contributed by atoms with Gasteiger partial charge in [-0.15, -0.1) is 11.3 Å². The molecule has 0 spiro atoms. The average Bonchev–Trinajstić information content (AvgIpc) is 3.31. The fourth-order valence-electron chi connectivity index (χ4n) is 2.59. The number of nitrogens with zero attached hydrogens (tertiary/aromatic N) is 1. The lowest BCUT2D eigenvalue weighted by Gasteiger charge is -2.17. The molecule has 0 saturated heterocycles. The van der Waals surface area contributed by atoms with Gasteiger partial charge in [-0.1, -0.05) is 42.5 Å². The third-order valence-corrected chi connectivity index (χ3v) is 4.81. The Bertz CT molecular complexity index is 886. The minimum atomic E-state index is -0.551. The van der Waals surface area contributed by atoms with Crippen molar-refractivity contribution < 1.29 is 19.0 Å². The molecular formula is C19H15NO4S. The van der Waals surface area contributed by atoms with Crippen LogP contribution in [-0.4, -0.2) is 23.9 Å². The highest BCUT2D eigenvalue weighted by atomic mass is 32.1. The zero-order valence-electron chi connectivity index (χ0n) is 13.3. The summed E-state index contributed by atoms with van der Waals surface area (Å²) in [6, 6.07) is 17.4. The van der Waals surface area contributed by atoms with Gasteiger partial charge in [-0.2, -0.15) is 0 Å². The van der Waals surface area contributed by atoms with Crippen molar-refractivity contribution in [2.24, 2.45) is 0 Å². The van der Waals surface area contributed by atoms with Crippen molar-refractivity contribution in [2.75, 3.05) is 6.79 Å². The van der Waals surface area contributed by atoms with Crippen LogP contribution in [0.2, 0.25) is 0 Å². The summed E-state index contributed by atoms with van der Waals surface area (Å²) >= 11 is 1.32. The summed E-state index contributed by atoms with van der Waals surface area (Å²) in [5.74, 6) is 0.0526. The molecule has 1 atom stereocenters. The Hall–Kier alpha value is -2.86. The minimum absolute atomic E-state index is 0.138. The van der Waals surface area contributed by atoms with Crippen molar-refractivity contribution in [3.63, 3.8) is 0 Å². The van der Waals surface area contributed by atoms with E-state index in [4.69, 9.17) is 14.2 Å². The topological polar surface area (TPSA) is 57.7 Å². The van der Waals surface area contributed by atoms with Crippen molar-refractivity contribution in [1.29, 1.82) is 0 Å². The van der Waals surface area contributed by atoms with Crippen LogP contribution in [0.5, 0.6) is 0 Å². The van der Waals surface area contributed by atoms with Gasteiger partial charge in [0.2, 0.25) is 11.8 Å². The molecule has 2 aromatic carbocycles. The molecule has 2 heterocycles. The fraction of sp³-hybridized carbons (Fsp3) is 0.158. The van der Waals surface area contributed by atoms with Gasteiger partial charge in [0.1, 0.15) is 6.26 Å². The first-order chi connectivity index (χ1) is 12.3. The number of para-hydroxylation sites is 1. The monoisotopic (exact) mass is 353 g/mol. The van der Waals surface area contributed by atoms with Crippen LogP contribution in [0.4, 0.5) is 0 Å². The molecule has 4 rings (SSSR count). The summed E-state index contributed by atoms with van der Waals surface area (Å²) in [6.45, 7) is 0.138. The highest BCUT2D eigenvalue weighted by molar-refractivity contribution is 7.20. The SMILES string of the molecule is O=C(OC(Cc1ccccc1)C1=COCO1)c1nc2ccccc2s1. The number of carbonyl (C=O) groups excluding carboxylic acids is 1. The first kappa shape index (κ1) is 15.7. The Balaban J connectivity index is 1.55. The predicted molar refractivity (Wildman–Crippen MR) is 94.1 cm³/mol. The Morgan fingerprint density at radius 1 is 1.16 bits per heavy atom. The van der Waals surface area contributed by atoms with Crippen molar-refractivity contribution >= 4 is 27.5 Å². The number of thiazole rings is 1. The van der Waals surface area contributed by atoms with Gasteiger partial charge >= 0.3 is 5.97 Å². The molecule has 1 aliphatic heterocycles. The first-order valence-electron chi connectivity index (χ1n) is 7.84. The second-order valence-corrected chi connectivity index (χ2v) is 6.55. The van der Waals surface area contributed by atoms with Gasteiger partial charge in [0.25, 0.3) is 0 Å². The zero-order valence-corrected chi connectivity index (χ0v) is 14.1. The van der Waals surface area contributed by atoms with Gasteiger partial charge < -0.3 is 14.2 Å². The molecule has 0 aliphatic carbocycles. The van der Waals surface area contributed by atoms with E-state index in [0.29, 0.717) is 17.2 Å². The maximum Gasteiger partial charge on any atom is 0.368 e. The number of hydrogen-bond acceptors (Lipinski definition) is 6. The van der Waals surface area contributed by atoms with Crippen LogP contribution in [-0.2, 0) is 20.6 Å². The van der Waals surface area contributed by atoms with E-state index in [-0.39, 0.29) is 6.79 Å². The molecule has 25 heavy (non-hydrogen) atoms. The number of ether oxygens (including phenoxy) is 3. The van der Waals surface area contributed by atoms with Crippen LogP contribution in [0.15, 0.2) is 66.6 Å². The Morgan fingerprint density at radius 3 is 2.72 bits per heavy atom. The summed E-state index contributed by atoms with van der Waals surface area (Å²) in [6.07, 6.45) is 1.45. The van der Waals surface area contributed by atoms with Gasteiger partial charge in [0.15, 0.2) is 11.9 Å². The molecule has 0 radical (unpaired) electrons. The lowest BCUT2D eigenvalue weighted by molar-refractivity contribution is 0.0143. The van der Waals surface area contributed by atoms with Gasteiger partial charge in [-0.05, 0) is 17.7 Å².